The Hall–Kier alpha value is -1.59. The lowest BCUT2D eigenvalue weighted by Crippen LogP contribution is -2.46. The van der Waals surface area contributed by atoms with E-state index in [1.165, 1.54) is 0 Å². The van der Waals surface area contributed by atoms with Gasteiger partial charge in [0, 0.05) is 5.02 Å². The topological polar surface area (TPSA) is 86.6 Å². The van der Waals surface area contributed by atoms with E-state index >= 15 is 0 Å². The number of carboxylic acids is 1. The van der Waals surface area contributed by atoms with Crippen LogP contribution in [0.1, 0.15) is 12.5 Å². The molecule has 0 saturated carbocycles. The number of halogens is 1. The molecule has 0 spiro atoms. The van der Waals surface area contributed by atoms with Gasteiger partial charge in [0.1, 0.15) is 0 Å². The van der Waals surface area contributed by atoms with Crippen molar-refractivity contribution < 1.29 is 19.8 Å². The summed E-state index contributed by atoms with van der Waals surface area (Å²) in [4.78, 5) is 22.2. The number of carbonyl (C=O) groups excluding carboxylic acids is 1. The summed E-state index contributed by atoms with van der Waals surface area (Å²) in [5, 5.41) is 21.0. The Labute approximate surface area is 109 Å². The first kappa shape index (κ1) is 14.5. The highest BCUT2D eigenvalue weighted by atomic mass is 35.5. The van der Waals surface area contributed by atoms with Crippen LogP contribution in [-0.2, 0) is 16.0 Å². The largest absolute Gasteiger partial charge is 0.479 e. The zero-order valence-electron chi connectivity index (χ0n) is 9.81. The van der Waals surface area contributed by atoms with E-state index in [4.69, 9.17) is 16.7 Å². The second kappa shape index (κ2) is 5.84. The number of aliphatic carboxylic acids is 1. The number of hydrogen-bond donors (Lipinski definition) is 3. The van der Waals surface area contributed by atoms with Crippen LogP contribution in [0.25, 0.3) is 0 Å². The van der Waals surface area contributed by atoms with E-state index in [1.807, 2.05) is 0 Å². The van der Waals surface area contributed by atoms with Gasteiger partial charge in [-0.3, -0.25) is 4.79 Å². The summed E-state index contributed by atoms with van der Waals surface area (Å²) in [6, 6.07) is 6.80. The van der Waals surface area contributed by atoms with E-state index in [0.717, 1.165) is 12.5 Å². The summed E-state index contributed by atoms with van der Waals surface area (Å²) in [6.07, 6.45) is 0.0796. The maximum absolute atomic E-state index is 11.5. The van der Waals surface area contributed by atoms with Crippen LogP contribution in [0.15, 0.2) is 24.3 Å². The van der Waals surface area contributed by atoms with Gasteiger partial charge >= 0.3 is 5.97 Å². The van der Waals surface area contributed by atoms with Gasteiger partial charge in [-0.05, 0) is 24.6 Å². The lowest BCUT2D eigenvalue weighted by molar-refractivity contribution is -0.156. The van der Waals surface area contributed by atoms with E-state index in [2.05, 4.69) is 5.32 Å². The molecule has 0 aromatic heterocycles. The van der Waals surface area contributed by atoms with Crippen molar-refractivity contribution in [2.45, 2.75) is 18.9 Å². The predicted octanol–water partition coefficient (Wildman–Crippen LogP) is 0.834. The van der Waals surface area contributed by atoms with Gasteiger partial charge in [-0.15, -0.1) is 0 Å². The molecule has 5 nitrogen and oxygen atoms in total. The Kier molecular flexibility index (Phi) is 4.69. The molecule has 0 aliphatic rings. The SMILES string of the molecule is CC(O)(CNC(=O)Cc1cccc(Cl)c1)C(=O)O. The lowest BCUT2D eigenvalue weighted by atomic mass is 10.1. The molecule has 1 aromatic rings. The fraction of sp³-hybridized carbons (Fsp3) is 0.333. The number of carbonyl (C=O) groups is 2. The molecular formula is C12H14ClNO4. The van der Waals surface area contributed by atoms with Crippen molar-refractivity contribution in [3.63, 3.8) is 0 Å². The van der Waals surface area contributed by atoms with Gasteiger partial charge in [-0.1, -0.05) is 23.7 Å². The molecule has 18 heavy (non-hydrogen) atoms. The van der Waals surface area contributed by atoms with Crippen LogP contribution < -0.4 is 5.32 Å². The number of carboxylic acid groups (broad SMARTS) is 1. The van der Waals surface area contributed by atoms with Crippen molar-refractivity contribution >= 4 is 23.5 Å². The normalized spacial score (nSPS) is 13.7. The van der Waals surface area contributed by atoms with Crippen LogP contribution in [0.3, 0.4) is 0 Å². The highest BCUT2D eigenvalue weighted by molar-refractivity contribution is 6.30. The third-order valence-electron chi connectivity index (χ3n) is 2.34. The van der Waals surface area contributed by atoms with E-state index in [1.54, 1.807) is 24.3 Å². The van der Waals surface area contributed by atoms with Crippen molar-refractivity contribution in [1.29, 1.82) is 0 Å². The number of benzene rings is 1. The van der Waals surface area contributed by atoms with Gasteiger partial charge in [0.25, 0.3) is 0 Å². The van der Waals surface area contributed by atoms with Crippen LogP contribution >= 0.6 is 11.6 Å². The fourth-order valence-corrected chi connectivity index (χ4v) is 1.45. The van der Waals surface area contributed by atoms with Crippen molar-refractivity contribution in [2.24, 2.45) is 0 Å². The minimum atomic E-state index is -1.97. The molecule has 1 aromatic carbocycles. The summed E-state index contributed by atoms with van der Waals surface area (Å²) in [5.74, 6) is -1.76. The van der Waals surface area contributed by atoms with Gasteiger partial charge in [0.05, 0.1) is 13.0 Å². The van der Waals surface area contributed by atoms with Gasteiger partial charge < -0.3 is 15.5 Å². The monoisotopic (exact) mass is 271 g/mol. The molecule has 0 aliphatic heterocycles. The minimum Gasteiger partial charge on any atom is -0.479 e. The smallest absolute Gasteiger partial charge is 0.337 e. The average Bonchev–Trinajstić information content (AvgIpc) is 2.26. The molecule has 0 radical (unpaired) electrons. The first-order chi connectivity index (χ1) is 8.31. The van der Waals surface area contributed by atoms with Gasteiger partial charge in [-0.25, -0.2) is 4.79 Å². The summed E-state index contributed by atoms with van der Waals surface area (Å²) < 4.78 is 0. The Bertz CT molecular complexity index is 459. The molecule has 6 heteroatoms. The molecule has 0 heterocycles. The number of amides is 1. The molecular weight excluding hydrogens is 258 g/mol. The van der Waals surface area contributed by atoms with Crippen LogP contribution in [0, 0.1) is 0 Å². The molecule has 1 amide bonds. The summed E-state index contributed by atoms with van der Waals surface area (Å²) in [7, 11) is 0. The number of nitrogens with one attached hydrogen (secondary N) is 1. The van der Waals surface area contributed by atoms with Crippen molar-refractivity contribution in [3.05, 3.63) is 34.9 Å². The zero-order valence-corrected chi connectivity index (χ0v) is 10.6. The van der Waals surface area contributed by atoms with Crippen LogP contribution in [0.5, 0.6) is 0 Å². The third kappa shape index (κ3) is 4.35. The number of aliphatic hydroxyl groups is 1. The summed E-state index contributed by atoms with van der Waals surface area (Å²) in [5.41, 5.74) is -1.25. The predicted molar refractivity (Wildman–Crippen MR) is 66.4 cm³/mol. The lowest BCUT2D eigenvalue weighted by Gasteiger charge is -2.18. The van der Waals surface area contributed by atoms with E-state index in [-0.39, 0.29) is 18.9 Å². The van der Waals surface area contributed by atoms with Crippen LogP contribution in [0.2, 0.25) is 5.02 Å². The Morgan fingerprint density at radius 1 is 1.44 bits per heavy atom. The summed E-state index contributed by atoms with van der Waals surface area (Å²) in [6.45, 7) is 0.775. The maximum atomic E-state index is 11.5. The Morgan fingerprint density at radius 3 is 2.67 bits per heavy atom. The quantitative estimate of drug-likeness (QED) is 0.740. The molecule has 98 valence electrons. The first-order valence-electron chi connectivity index (χ1n) is 5.28. The fourth-order valence-electron chi connectivity index (χ4n) is 1.24. The minimum absolute atomic E-state index is 0.0796. The molecule has 0 aliphatic carbocycles. The van der Waals surface area contributed by atoms with Crippen LogP contribution in [-0.4, -0.2) is 34.2 Å². The standard InChI is InChI=1S/C12H14ClNO4/c1-12(18,11(16)17)7-14-10(15)6-8-3-2-4-9(13)5-8/h2-5,18H,6-7H2,1H3,(H,14,15)(H,16,17). The first-order valence-corrected chi connectivity index (χ1v) is 5.66. The van der Waals surface area contributed by atoms with Gasteiger partial charge in [0.15, 0.2) is 5.60 Å². The Morgan fingerprint density at radius 2 is 2.11 bits per heavy atom. The zero-order chi connectivity index (χ0) is 13.8. The van der Waals surface area contributed by atoms with E-state index in [0.29, 0.717) is 5.02 Å². The highest BCUT2D eigenvalue weighted by Crippen LogP contribution is 2.11. The van der Waals surface area contributed by atoms with Gasteiger partial charge in [0.2, 0.25) is 5.91 Å². The number of rotatable bonds is 5. The molecule has 1 atom stereocenters. The van der Waals surface area contributed by atoms with Crippen molar-refractivity contribution in [3.8, 4) is 0 Å². The average molecular weight is 272 g/mol. The second-order valence-electron chi connectivity index (χ2n) is 4.16. The molecule has 1 rings (SSSR count). The molecule has 0 saturated heterocycles. The molecule has 1 unspecified atom stereocenters. The summed E-state index contributed by atoms with van der Waals surface area (Å²) >= 11 is 5.77. The maximum Gasteiger partial charge on any atom is 0.337 e. The highest BCUT2D eigenvalue weighted by Gasteiger charge is 2.30. The van der Waals surface area contributed by atoms with E-state index < -0.39 is 11.6 Å². The van der Waals surface area contributed by atoms with Gasteiger partial charge in [-0.2, -0.15) is 0 Å². The Balaban J connectivity index is 2.50. The molecule has 0 bridgehead atoms. The third-order valence-corrected chi connectivity index (χ3v) is 2.58. The second-order valence-corrected chi connectivity index (χ2v) is 4.60. The number of hydrogen-bond acceptors (Lipinski definition) is 3. The molecule has 3 N–H and O–H groups in total. The molecule has 0 fully saturated rings. The van der Waals surface area contributed by atoms with E-state index in [9.17, 15) is 14.7 Å². The van der Waals surface area contributed by atoms with Crippen molar-refractivity contribution in [1.82, 2.24) is 5.32 Å². The van der Waals surface area contributed by atoms with Crippen molar-refractivity contribution in [2.75, 3.05) is 6.54 Å². The van der Waals surface area contributed by atoms with Crippen LogP contribution in [0.4, 0.5) is 0 Å².